The van der Waals surface area contributed by atoms with Gasteiger partial charge >= 0.3 is 0 Å². The normalized spacial score (nSPS) is 9.42. The lowest BCUT2D eigenvalue weighted by molar-refractivity contribution is 1.29. The van der Waals surface area contributed by atoms with E-state index < -0.39 is 0 Å². The van der Waals surface area contributed by atoms with Gasteiger partial charge in [-0.25, -0.2) is 0 Å². The van der Waals surface area contributed by atoms with Gasteiger partial charge in [-0.05, 0) is 12.1 Å². The van der Waals surface area contributed by atoms with Crippen molar-refractivity contribution in [3.05, 3.63) is 36.9 Å². The number of benzene rings is 1. The SMILES string of the molecule is C=CCSc1ccccc1NN. The average molecular weight is 180 g/mol. The number of nitrogen functional groups attached to an aromatic ring is 1. The molecule has 0 heterocycles. The summed E-state index contributed by atoms with van der Waals surface area (Å²) < 4.78 is 0. The van der Waals surface area contributed by atoms with Gasteiger partial charge in [0.15, 0.2) is 0 Å². The number of anilines is 1. The van der Waals surface area contributed by atoms with E-state index in [1.165, 1.54) is 0 Å². The van der Waals surface area contributed by atoms with Crippen LogP contribution in [0.3, 0.4) is 0 Å². The van der Waals surface area contributed by atoms with Gasteiger partial charge in [-0.15, -0.1) is 18.3 Å². The van der Waals surface area contributed by atoms with Crippen LogP contribution in [-0.2, 0) is 0 Å². The molecule has 1 rings (SSSR count). The van der Waals surface area contributed by atoms with Crippen LogP contribution in [0, 0.1) is 0 Å². The van der Waals surface area contributed by atoms with Crippen LogP contribution in [0.25, 0.3) is 0 Å². The van der Waals surface area contributed by atoms with Gasteiger partial charge in [0, 0.05) is 10.6 Å². The van der Waals surface area contributed by atoms with Crippen LogP contribution in [0.2, 0.25) is 0 Å². The fraction of sp³-hybridized carbons (Fsp3) is 0.111. The van der Waals surface area contributed by atoms with Crippen LogP contribution in [-0.4, -0.2) is 5.75 Å². The van der Waals surface area contributed by atoms with Gasteiger partial charge in [0.1, 0.15) is 0 Å². The molecular weight excluding hydrogens is 168 g/mol. The molecule has 1 aromatic carbocycles. The van der Waals surface area contributed by atoms with Crippen molar-refractivity contribution in [2.24, 2.45) is 5.84 Å². The Labute approximate surface area is 76.8 Å². The third-order valence-electron chi connectivity index (χ3n) is 1.40. The first-order valence-electron chi connectivity index (χ1n) is 3.68. The summed E-state index contributed by atoms with van der Waals surface area (Å²) in [4.78, 5) is 1.15. The zero-order valence-electron chi connectivity index (χ0n) is 6.79. The molecule has 12 heavy (non-hydrogen) atoms. The summed E-state index contributed by atoms with van der Waals surface area (Å²) in [5.41, 5.74) is 3.61. The molecule has 0 aliphatic heterocycles. The van der Waals surface area contributed by atoms with Crippen molar-refractivity contribution in [2.45, 2.75) is 4.90 Å². The highest BCUT2D eigenvalue weighted by Crippen LogP contribution is 2.25. The van der Waals surface area contributed by atoms with E-state index in [-0.39, 0.29) is 0 Å². The van der Waals surface area contributed by atoms with Crippen molar-refractivity contribution in [1.82, 2.24) is 0 Å². The van der Waals surface area contributed by atoms with Gasteiger partial charge in [-0.2, -0.15) is 0 Å². The Morgan fingerprint density at radius 2 is 2.25 bits per heavy atom. The maximum atomic E-state index is 5.33. The Kier molecular flexibility index (Phi) is 3.70. The van der Waals surface area contributed by atoms with Crippen molar-refractivity contribution in [2.75, 3.05) is 11.2 Å². The number of para-hydroxylation sites is 1. The lowest BCUT2D eigenvalue weighted by Crippen LogP contribution is -2.07. The number of nitrogens with one attached hydrogen (secondary N) is 1. The molecule has 0 bridgehead atoms. The topological polar surface area (TPSA) is 38.0 Å². The third-order valence-corrected chi connectivity index (χ3v) is 2.47. The van der Waals surface area contributed by atoms with Gasteiger partial charge in [-0.1, -0.05) is 18.2 Å². The first kappa shape index (κ1) is 9.16. The molecule has 3 heteroatoms. The first-order chi connectivity index (χ1) is 5.88. The molecular formula is C9H12N2S. The predicted octanol–water partition coefficient (Wildman–Crippen LogP) is 2.25. The molecule has 0 amide bonds. The lowest BCUT2D eigenvalue weighted by Gasteiger charge is -2.05. The molecule has 0 atom stereocenters. The summed E-state index contributed by atoms with van der Waals surface area (Å²) in [7, 11) is 0. The summed E-state index contributed by atoms with van der Waals surface area (Å²) in [6.45, 7) is 3.66. The summed E-state index contributed by atoms with van der Waals surface area (Å²) in [6.07, 6.45) is 1.87. The van der Waals surface area contributed by atoms with Crippen molar-refractivity contribution >= 4 is 17.4 Å². The van der Waals surface area contributed by atoms with Crippen molar-refractivity contribution in [1.29, 1.82) is 0 Å². The van der Waals surface area contributed by atoms with Gasteiger partial charge in [0.05, 0.1) is 5.69 Å². The number of hydrogen-bond acceptors (Lipinski definition) is 3. The second-order valence-corrected chi connectivity index (χ2v) is 3.30. The second-order valence-electron chi connectivity index (χ2n) is 2.24. The van der Waals surface area contributed by atoms with E-state index in [0.717, 1.165) is 16.3 Å². The molecule has 64 valence electrons. The average Bonchev–Trinajstić information content (AvgIpc) is 2.15. The lowest BCUT2D eigenvalue weighted by atomic mass is 10.3. The second kappa shape index (κ2) is 4.85. The summed E-state index contributed by atoms with van der Waals surface area (Å²) in [5, 5.41) is 0. The monoisotopic (exact) mass is 180 g/mol. The van der Waals surface area contributed by atoms with Gasteiger partial charge in [0.25, 0.3) is 0 Å². The van der Waals surface area contributed by atoms with Crippen molar-refractivity contribution in [3.63, 3.8) is 0 Å². The van der Waals surface area contributed by atoms with Gasteiger partial charge in [0.2, 0.25) is 0 Å². The molecule has 0 unspecified atom stereocenters. The molecule has 1 aromatic rings. The Morgan fingerprint density at radius 3 is 2.92 bits per heavy atom. The summed E-state index contributed by atoms with van der Waals surface area (Å²) in [5.74, 6) is 6.23. The van der Waals surface area contributed by atoms with E-state index in [9.17, 15) is 0 Å². The zero-order valence-corrected chi connectivity index (χ0v) is 7.60. The molecule has 0 aliphatic rings. The number of nitrogens with two attached hydrogens (primary N) is 1. The van der Waals surface area contributed by atoms with Gasteiger partial charge in [-0.3, -0.25) is 5.84 Å². The summed E-state index contributed by atoms with van der Waals surface area (Å²) >= 11 is 1.71. The highest BCUT2D eigenvalue weighted by Gasteiger charge is 1.97. The minimum Gasteiger partial charge on any atom is -0.323 e. The predicted molar refractivity (Wildman–Crippen MR) is 55.2 cm³/mol. The smallest absolute Gasteiger partial charge is 0.0621 e. The number of rotatable bonds is 4. The maximum Gasteiger partial charge on any atom is 0.0621 e. The Balaban J connectivity index is 2.74. The standard InChI is InChI=1S/C9H12N2S/c1-2-7-12-9-6-4-3-5-8(9)11-10/h2-6,11H,1,7,10H2. The molecule has 0 fully saturated rings. The minimum atomic E-state index is 0.901. The molecule has 3 N–H and O–H groups in total. The third kappa shape index (κ3) is 2.29. The highest BCUT2D eigenvalue weighted by molar-refractivity contribution is 7.99. The van der Waals surface area contributed by atoms with E-state index in [2.05, 4.69) is 12.0 Å². The summed E-state index contributed by atoms with van der Waals surface area (Å²) in [6, 6.07) is 7.92. The van der Waals surface area contributed by atoms with Gasteiger partial charge < -0.3 is 5.43 Å². The molecule has 0 saturated heterocycles. The first-order valence-corrected chi connectivity index (χ1v) is 4.66. The Morgan fingerprint density at radius 1 is 1.50 bits per heavy atom. The van der Waals surface area contributed by atoms with E-state index in [0.29, 0.717) is 0 Å². The Bertz CT molecular complexity index is 260. The van der Waals surface area contributed by atoms with E-state index >= 15 is 0 Å². The largest absolute Gasteiger partial charge is 0.323 e. The van der Waals surface area contributed by atoms with E-state index in [1.54, 1.807) is 11.8 Å². The molecule has 0 spiro atoms. The van der Waals surface area contributed by atoms with E-state index in [1.807, 2.05) is 30.3 Å². The van der Waals surface area contributed by atoms with Crippen LogP contribution in [0.1, 0.15) is 0 Å². The van der Waals surface area contributed by atoms with Crippen molar-refractivity contribution < 1.29 is 0 Å². The fourth-order valence-corrected chi connectivity index (χ4v) is 1.62. The van der Waals surface area contributed by atoms with Crippen LogP contribution in [0.5, 0.6) is 0 Å². The number of hydrazine groups is 1. The quantitative estimate of drug-likeness (QED) is 0.323. The van der Waals surface area contributed by atoms with Crippen molar-refractivity contribution in [3.8, 4) is 0 Å². The molecule has 0 aliphatic carbocycles. The number of hydrogen-bond donors (Lipinski definition) is 2. The Hall–Kier alpha value is -0.930. The van der Waals surface area contributed by atoms with E-state index in [4.69, 9.17) is 5.84 Å². The minimum absolute atomic E-state index is 0.901. The molecule has 0 aromatic heterocycles. The zero-order chi connectivity index (χ0) is 8.81. The van der Waals surface area contributed by atoms with Crippen LogP contribution >= 0.6 is 11.8 Å². The van der Waals surface area contributed by atoms with Crippen LogP contribution in [0.15, 0.2) is 41.8 Å². The maximum absolute atomic E-state index is 5.33. The molecule has 2 nitrogen and oxygen atoms in total. The highest BCUT2D eigenvalue weighted by atomic mass is 32.2. The molecule has 0 saturated carbocycles. The van der Waals surface area contributed by atoms with Crippen LogP contribution in [0.4, 0.5) is 5.69 Å². The number of thioether (sulfide) groups is 1. The fourth-order valence-electron chi connectivity index (χ4n) is 0.860. The van der Waals surface area contributed by atoms with Crippen LogP contribution < -0.4 is 11.3 Å². The molecule has 0 radical (unpaired) electrons.